The minimum absolute atomic E-state index is 0.197. The number of fused-ring (bicyclic) bond motifs is 1. The average Bonchev–Trinajstić information content (AvgIpc) is 3.11. The molecular formula is C20H23N5O3S2. The van der Waals surface area contributed by atoms with E-state index in [0.717, 1.165) is 25.3 Å². The predicted molar refractivity (Wildman–Crippen MR) is 120 cm³/mol. The highest BCUT2D eigenvalue weighted by Crippen LogP contribution is 2.20. The number of anilines is 1. The van der Waals surface area contributed by atoms with E-state index in [1.54, 1.807) is 25.2 Å². The number of rotatable bonds is 4. The van der Waals surface area contributed by atoms with Gasteiger partial charge in [-0.15, -0.1) is 11.3 Å². The molecule has 3 heterocycles. The molecule has 3 aromatic rings. The number of carbonyl (C=O) groups excluding carboxylic acids is 1. The number of morpholine rings is 1. The second kappa shape index (κ2) is 8.38. The van der Waals surface area contributed by atoms with Crippen molar-refractivity contribution in [1.82, 2.24) is 19.4 Å². The number of amides is 1. The Bertz CT molecular complexity index is 1210. The number of carbonyl (C=O) groups is 1. The Labute approximate surface area is 182 Å². The summed E-state index contributed by atoms with van der Waals surface area (Å²) in [6.45, 7) is 6.59. The lowest BCUT2D eigenvalue weighted by molar-refractivity contribution is -0.0707. The van der Waals surface area contributed by atoms with Crippen LogP contribution in [0.2, 0.25) is 0 Å². The molecule has 10 heteroatoms. The molecule has 1 amide bonds. The fraction of sp³-hybridized carbons (Fsp3) is 0.400. The van der Waals surface area contributed by atoms with Crippen LogP contribution in [0.15, 0.2) is 28.4 Å². The van der Waals surface area contributed by atoms with Crippen LogP contribution in [-0.2, 0) is 18.3 Å². The maximum Gasteiger partial charge on any atom is 0.261 e. The Morgan fingerprint density at radius 3 is 2.83 bits per heavy atom. The maximum atomic E-state index is 12.7. The summed E-state index contributed by atoms with van der Waals surface area (Å²) >= 11 is 6.55. The Balaban J connectivity index is 1.47. The second-order valence-electron chi connectivity index (χ2n) is 7.60. The number of ether oxygens (including phenoxy) is 1. The van der Waals surface area contributed by atoms with Crippen LogP contribution in [0.4, 0.5) is 5.13 Å². The molecular weight excluding hydrogens is 422 g/mol. The summed E-state index contributed by atoms with van der Waals surface area (Å²) in [4.78, 5) is 34.8. The number of thiazole rings is 1. The Kier molecular flexibility index (Phi) is 5.83. The molecule has 1 aromatic carbocycles. The molecule has 0 saturated carbocycles. The third-order valence-corrected chi connectivity index (χ3v) is 6.20. The van der Waals surface area contributed by atoms with E-state index in [9.17, 15) is 9.59 Å². The van der Waals surface area contributed by atoms with Gasteiger partial charge in [0.05, 0.1) is 28.8 Å². The molecule has 4 rings (SSSR count). The summed E-state index contributed by atoms with van der Waals surface area (Å²) < 4.78 is 7.44. The lowest BCUT2D eigenvalue weighted by Gasteiger charge is -2.34. The number of aromatic amines is 1. The number of nitrogens with one attached hydrogen (secondary N) is 2. The summed E-state index contributed by atoms with van der Waals surface area (Å²) in [6.07, 6.45) is 0.396. The number of nitrogens with zero attached hydrogens (tertiary/aromatic N) is 3. The molecule has 1 aliphatic heterocycles. The van der Waals surface area contributed by atoms with Gasteiger partial charge in [0.25, 0.3) is 11.5 Å². The Morgan fingerprint density at radius 2 is 2.10 bits per heavy atom. The molecule has 2 aromatic heterocycles. The molecule has 0 aliphatic carbocycles. The maximum absolute atomic E-state index is 12.7. The molecule has 1 aliphatic rings. The standard InChI is InChI=1S/C20H23N5O3S2/c1-11-7-25(8-12(2)28-11)9-14-10-30-19(21-14)23-17(26)13-4-5-15-16(6-13)22-20(29)24(3)18(15)27/h4-6,10-12H,7-9H2,1-3H3,(H,22,29)(H,21,23,26). The van der Waals surface area contributed by atoms with Crippen molar-refractivity contribution in [1.29, 1.82) is 0 Å². The summed E-state index contributed by atoms with van der Waals surface area (Å²) in [6, 6.07) is 4.89. The number of benzene rings is 1. The number of hydrogen-bond acceptors (Lipinski definition) is 7. The molecule has 0 radical (unpaired) electrons. The van der Waals surface area contributed by atoms with Gasteiger partial charge in [0, 0.05) is 37.6 Å². The van der Waals surface area contributed by atoms with Crippen LogP contribution < -0.4 is 10.9 Å². The van der Waals surface area contributed by atoms with Gasteiger partial charge in [-0.05, 0) is 44.3 Å². The summed E-state index contributed by atoms with van der Waals surface area (Å²) in [5.74, 6) is -0.286. The van der Waals surface area contributed by atoms with Crippen molar-refractivity contribution < 1.29 is 9.53 Å². The fourth-order valence-corrected chi connectivity index (χ4v) is 4.59. The summed E-state index contributed by atoms with van der Waals surface area (Å²) in [5, 5.41) is 5.82. The van der Waals surface area contributed by atoms with Gasteiger partial charge >= 0.3 is 0 Å². The Hall–Kier alpha value is -2.40. The van der Waals surface area contributed by atoms with Gasteiger partial charge in [0.15, 0.2) is 9.90 Å². The topological polar surface area (TPSA) is 92.2 Å². The van der Waals surface area contributed by atoms with Crippen molar-refractivity contribution in [2.24, 2.45) is 7.05 Å². The summed E-state index contributed by atoms with van der Waals surface area (Å²) in [5.41, 5.74) is 1.68. The molecule has 2 unspecified atom stereocenters. The van der Waals surface area contributed by atoms with Crippen molar-refractivity contribution in [2.75, 3.05) is 18.4 Å². The first-order chi connectivity index (χ1) is 14.3. The zero-order valence-corrected chi connectivity index (χ0v) is 18.6. The molecule has 1 fully saturated rings. The molecule has 1 saturated heterocycles. The van der Waals surface area contributed by atoms with E-state index in [1.807, 2.05) is 5.38 Å². The number of H-pyrrole nitrogens is 1. The highest BCUT2D eigenvalue weighted by molar-refractivity contribution is 7.71. The molecule has 8 nitrogen and oxygen atoms in total. The van der Waals surface area contributed by atoms with Gasteiger partial charge < -0.3 is 9.72 Å². The van der Waals surface area contributed by atoms with E-state index >= 15 is 0 Å². The highest BCUT2D eigenvalue weighted by Gasteiger charge is 2.23. The van der Waals surface area contributed by atoms with Crippen LogP contribution in [0, 0.1) is 4.77 Å². The van der Waals surface area contributed by atoms with Gasteiger partial charge in [0.1, 0.15) is 0 Å². The van der Waals surface area contributed by atoms with Crippen LogP contribution >= 0.6 is 23.6 Å². The van der Waals surface area contributed by atoms with E-state index in [4.69, 9.17) is 17.0 Å². The van der Waals surface area contributed by atoms with Gasteiger partial charge in [0.2, 0.25) is 0 Å². The molecule has 2 atom stereocenters. The average molecular weight is 446 g/mol. The third kappa shape index (κ3) is 4.36. The molecule has 30 heavy (non-hydrogen) atoms. The quantitative estimate of drug-likeness (QED) is 0.600. The lowest BCUT2D eigenvalue weighted by atomic mass is 10.1. The van der Waals surface area contributed by atoms with Gasteiger partial charge in [-0.1, -0.05) is 0 Å². The minimum atomic E-state index is -0.286. The monoisotopic (exact) mass is 445 g/mol. The zero-order chi connectivity index (χ0) is 21.4. The van der Waals surface area contributed by atoms with E-state index in [0.29, 0.717) is 26.4 Å². The van der Waals surface area contributed by atoms with E-state index in [-0.39, 0.29) is 23.7 Å². The smallest absolute Gasteiger partial charge is 0.261 e. The van der Waals surface area contributed by atoms with Crippen LogP contribution in [-0.4, -0.2) is 50.6 Å². The van der Waals surface area contributed by atoms with E-state index in [2.05, 4.69) is 34.0 Å². The largest absolute Gasteiger partial charge is 0.373 e. The molecule has 0 spiro atoms. The molecule has 0 bridgehead atoms. The first kappa shape index (κ1) is 20.9. The van der Waals surface area contributed by atoms with Crippen LogP contribution in [0.1, 0.15) is 29.9 Å². The number of hydrogen-bond donors (Lipinski definition) is 2. The van der Waals surface area contributed by atoms with Crippen molar-refractivity contribution >= 4 is 45.5 Å². The zero-order valence-electron chi connectivity index (χ0n) is 17.0. The SMILES string of the molecule is CC1CN(Cc2csc(NC(=O)c3ccc4c(=O)n(C)c(=S)[nH]c4c3)n2)CC(C)O1. The van der Waals surface area contributed by atoms with Crippen molar-refractivity contribution in [2.45, 2.75) is 32.6 Å². The molecule has 2 N–H and O–H groups in total. The van der Waals surface area contributed by atoms with Gasteiger partial charge in [-0.2, -0.15) is 0 Å². The van der Waals surface area contributed by atoms with E-state index < -0.39 is 0 Å². The van der Waals surface area contributed by atoms with Crippen LogP contribution in [0.5, 0.6) is 0 Å². The first-order valence-electron chi connectivity index (χ1n) is 9.67. The van der Waals surface area contributed by atoms with Gasteiger partial charge in [-0.3, -0.25) is 24.4 Å². The minimum Gasteiger partial charge on any atom is -0.373 e. The Morgan fingerprint density at radius 1 is 1.37 bits per heavy atom. The predicted octanol–water partition coefficient (Wildman–Crippen LogP) is 2.91. The van der Waals surface area contributed by atoms with Crippen molar-refractivity contribution in [3.63, 3.8) is 0 Å². The highest BCUT2D eigenvalue weighted by atomic mass is 32.1. The normalized spacial score (nSPS) is 19.8. The van der Waals surface area contributed by atoms with Crippen molar-refractivity contribution in [3.8, 4) is 0 Å². The van der Waals surface area contributed by atoms with Gasteiger partial charge in [-0.25, -0.2) is 4.98 Å². The third-order valence-electron chi connectivity index (χ3n) is 5.02. The van der Waals surface area contributed by atoms with Crippen LogP contribution in [0.3, 0.4) is 0 Å². The second-order valence-corrected chi connectivity index (χ2v) is 8.85. The van der Waals surface area contributed by atoms with Crippen molar-refractivity contribution in [3.05, 3.63) is 50.0 Å². The number of aromatic nitrogens is 3. The fourth-order valence-electron chi connectivity index (χ4n) is 3.70. The lowest BCUT2D eigenvalue weighted by Crippen LogP contribution is -2.44. The molecule has 158 valence electrons. The first-order valence-corrected chi connectivity index (χ1v) is 11.0. The van der Waals surface area contributed by atoms with Crippen LogP contribution in [0.25, 0.3) is 10.9 Å². The van der Waals surface area contributed by atoms with E-state index in [1.165, 1.54) is 15.9 Å². The summed E-state index contributed by atoms with van der Waals surface area (Å²) in [7, 11) is 1.61.